The van der Waals surface area contributed by atoms with Crippen LogP contribution >= 0.6 is 0 Å². The SMILES string of the molecule is Cc1ccc(CN2C(=O)C3CC(O)CN3C3(CN(C4Cc5ccccc5C4)C3)C2=O)o1. The number of β-amino-alcohol motifs (C(OH)–C–C–N with tert-alkyl or cyclic N) is 1. The lowest BCUT2D eigenvalue weighted by Crippen LogP contribution is -2.82. The Hall–Kier alpha value is -2.48. The van der Waals surface area contributed by atoms with E-state index >= 15 is 0 Å². The number of nitrogens with zero attached hydrogens (tertiary/aromatic N) is 3. The molecule has 4 aliphatic rings. The first kappa shape index (κ1) is 19.2. The van der Waals surface area contributed by atoms with Crippen LogP contribution in [0, 0.1) is 6.92 Å². The van der Waals surface area contributed by atoms with Gasteiger partial charge in [0.15, 0.2) is 0 Å². The first-order valence-corrected chi connectivity index (χ1v) is 11.1. The number of carbonyl (C=O) groups excluding carboxylic acids is 2. The number of aryl methyl sites for hydroxylation is 1. The molecule has 1 aromatic heterocycles. The zero-order valence-electron chi connectivity index (χ0n) is 17.7. The van der Waals surface area contributed by atoms with Gasteiger partial charge in [-0.2, -0.15) is 0 Å². The van der Waals surface area contributed by atoms with Gasteiger partial charge in [-0.25, -0.2) is 0 Å². The molecule has 7 heteroatoms. The van der Waals surface area contributed by atoms with E-state index in [2.05, 4.69) is 29.2 Å². The number of benzene rings is 1. The molecule has 31 heavy (non-hydrogen) atoms. The van der Waals surface area contributed by atoms with Gasteiger partial charge < -0.3 is 9.52 Å². The van der Waals surface area contributed by atoms with Crippen LogP contribution in [0.25, 0.3) is 0 Å². The van der Waals surface area contributed by atoms with Gasteiger partial charge in [-0.3, -0.25) is 24.3 Å². The number of amides is 2. The molecular weight excluding hydrogens is 394 g/mol. The normalized spacial score (nSPS) is 28.3. The highest BCUT2D eigenvalue weighted by atomic mass is 16.3. The van der Waals surface area contributed by atoms with Crippen molar-refractivity contribution in [2.75, 3.05) is 19.6 Å². The van der Waals surface area contributed by atoms with Crippen LogP contribution in [0.4, 0.5) is 0 Å². The molecule has 0 bridgehead atoms. The third-order valence-electron chi connectivity index (χ3n) is 7.61. The Bertz CT molecular complexity index is 1030. The molecule has 3 saturated heterocycles. The molecule has 2 aromatic rings. The van der Waals surface area contributed by atoms with E-state index in [0.717, 1.165) is 18.6 Å². The van der Waals surface area contributed by atoms with Crippen molar-refractivity contribution in [3.05, 3.63) is 59.0 Å². The van der Waals surface area contributed by atoms with Crippen molar-refractivity contribution in [1.82, 2.24) is 14.7 Å². The molecule has 162 valence electrons. The minimum atomic E-state index is -0.730. The second-order valence-corrected chi connectivity index (χ2v) is 9.57. The van der Waals surface area contributed by atoms with E-state index in [0.29, 0.717) is 37.9 Å². The van der Waals surface area contributed by atoms with Crippen molar-refractivity contribution in [2.24, 2.45) is 0 Å². The first-order valence-electron chi connectivity index (χ1n) is 11.1. The fourth-order valence-electron chi connectivity index (χ4n) is 6.05. The smallest absolute Gasteiger partial charge is 0.252 e. The summed E-state index contributed by atoms with van der Waals surface area (Å²) in [7, 11) is 0. The lowest BCUT2D eigenvalue weighted by Gasteiger charge is -2.59. The molecular formula is C24H27N3O4. The molecule has 7 nitrogen and oxygen atoms in total. The molecule has 2 amide bonds. The lowest BCUT2D eigenvalue weighted by molar-refractivity contribution is -0.183. The van der Waals surface area contributed by atoms with Gasteiger partial charge in [-0.05, 0) is 49.4 Å². The van der Waals surface area contributed by atoms with Crippen LogP contribution in [0.2, 0.25) is 0 Å². The number of piperazine rings is 1. The number of carbonyl (C=O) groups is 2. The van der Waals surface area contributed by atoms with Gasteiger partial charge >= 0.3 is 0 Å². The molecule has 1 aliphatic carbocycles. The number of furan rings is 1. The Balaban J connectivity index is 1.26. The van der Waals surface area contributed by atoms with Crippen LogP contribution in [0.15, 0.2) is 40.8 Å². The van der Waals surface area contributed by atoms with Crippen molar-refractivity contribution >= 4 is 11.8 Å². The number of imide groups is 1. The Morgan fingerprint density at radius 2 is 1.81 bits per heavy atom. The number of hydrogen-bond donors (Lipinski definition) is 1. The first-order chi connectivity index (χ1) is 14.9. The lowest BCUT2D eigenvalue weighted by atomic mass is 9.81. The highest BCUT2D eigenvalue weighted by Crippen LogP contribution is 2.43. The number of hydrogen-bond acceptors (Lipinski definition) is 6. The number of aliphatic hydroxyl groups is 1. The van der Waals surface area contributed by atoms with Crippen LogP contribution in [0.5, 0.6) is 0 Å². The second kappa shape index (κ2) is 6.76. The summed E-state index contributed by atoms with van der Waals surface area (Å²) in [5.74, 6) is 1.01. The number of fused-ring (bicyclic) bond motifs is 3. The Morgan fingerprint density at radius 1 is 1.10 bits per heavy atom. The highest BCUT2D eigenvalue weighted by molar-refractivity contribution is 6.06. The summed E-state index contributed by atoms with van der Waals surface area (Å²) < 4.78 is 5.65. The molecule has 0 radical (unpaired) electrons. The van der Waals surface area contributed by atoms with Gasteiger partial charge in [0, 0.05) is 25.7 Å². The Labute approximate surface area is 181 Å². The number of rotatable bonds is 3. The zero-order valence-corrected chi connectivity index (χ0v) is 17.7. The van der Waals surface area contributed by atoms with E-state index in [1.165, 1.54) is 16.0 Å². The van der Waals surface area contributed by atoms with Gasteiger partial charge in [0.1, 0.15) is 17.1 Å². The minimum absolute atomic E-state index is 0.149. The van der Waals surface area contributed by atoms with Crippen LogP contribution in [-0.4, -0.2) is 75.0 Å². The molecule has 3 fully saturated rings. The molecule has 2 unspecified atom stereocenters. The third kappa shape index (κ3) is 2.83. The Morgan fingerprint density at radius 3 is 2.45 bits per heavy atom. The van der Waals surface area contributed by atoms with Crippen LogP contribution in [0.1, 0.15) is 29.1 Å². The highest BCUT2D eigenvalue weighted by Gasteiger charge is 2.65. The van der Waals surface area contributed by atoms with Crippen molar-refractivity contribution in [3.8, 4) is 0 Å². The monoisotopic (exact) mass is 421 g/mol. The molecule has 0 saturated carbocycles. The molecule has 4 heterocycles. The van der Waals surface area contributed by atoms with Gasteiger partial charge in [-0.1, -0.05) is 24.3 Å². The summed E-state index contributed by atoms with van der Waals surface area (Å²) in [6, 6.07) is 12.2. The summed E-state index contributed by atoms with van der Waals surface area (Å²) in [6.07, 6.45) is 1.81. The maximum absolute atomic E-state index is 13.7. The van der Waals surface area contributed by atoms with E-state index < -0.39 is 17.7 Å². The summed E-state index contributed by atoms with van der Waals surface area (Å²) in [5, 5.41) is 10.3. The van der Waals surface area contributed by atoms with E-state index in [9.17, 15) is 14.7 Å². The molecule has 1 N–H and O–H groups in total. The molecule has 1 aromatic carbocycles. The predicted molar refractivity (Wildman–Crippen MR) is 112 cm³/mol. The average Bonchev–Trinajstić information content (AvgIpc) is 3.42. The van der Waals surface area contributed by atoms with E-state index in [1.807, 2.05) is 24.0 Å². The van der Waals surface area contributed by atoms with Crippen molar-refractivity contribution < 1.29 is 19.1 Å². The fraction of sp³-hybridized carbons (Fsp3) is 0.500. The predicted octanol–water partition coefficient (Wildman–Crippen LogP) is 1.11. The van der Waals surface area contributed by atoms with Gasteiger partial charge in [0.25, 0.3) is 5.91 Å². The largest absolute Gasteiger partial charge is 0.464 e. The Kier molecular flexibility index (Phi) is 4.19. The number of aliphatic hydroxyl groups excluding tert-OH is 1. The zero-order chi connectivity index (χ0) is 21.3. The molecule has 6 rings (SSSR count). The number of likely N-dealkylation sites (tertiary alicyclic amines) is 1. The second-order valence-electron chi connectivity index (χ2n) is 9.57. The van der Waals surface area contributed by atoms with Crippen LogP contribution in [0.3, 0.4) is 0 Å². The van der Waals surface area contributed by atoms with Gasteiger partial charge in [0.2, 0.25) is 5.91 Å². The van der Waals surface area contributed by atoms with E-state index in [4.69, 9.17) is 4.42 Å². The van der Waals surface area contributed by atoms with Crippen molar-refractivity contribution in [2.45, 2.75) is 56.5 Å². The summed E-state index contributed by atoms with van der Waals surface area (Å²) in [6.45, 7) is 3.60. The van der Waals surface area contributed by atoms with E-state index in [-0.39, 0.29) is 18.4 Å². The molecule has 2 atom stereocenters. The minimum Gasteiger partial charge on any atom is -0.464 e. The molecule has 1 spiro atoms. The fourth-order valence-corrected chi connectivity index (χ4v) is 6.05. The maximum atomic E-state index is 13.7. The topological polar surface area (TPSA) is 77.2 Å². The standard InChI is InChI=1S/C24H27N3O4/c1-15-6-7-20(31-15)12-26-22(29)21-10-19(28)11-27(21)24(23(26)30)13-25(14-24)18-8-16-4-2-3-5-17(16)9-18/h2-7,18-19,21,28H,8-14H2,1H3. The van der Waals surface area contributed by atoms with Crippen LogP contribution < -0.4 is 0 Å². The van der Waals surface area contributed by atoms with Crippen molar-refractivity contribution in [1.29, 1.82) is 0 Å². The maximum Gasteiger partial charge on any atom is 0.252 e. The van der Waals surface area contributed by atoms with Crippen molar-refractivity contribution in [3.63, 3.8) is 0 Å². The summed E-state index contributed by atoms with van der Waals surface area (Å²) >= 11 is 0. The quantitative estimate of drug-likeness (QED) is 0.749. The van der Waals surface area contributed by atoms with E-state index in [1.54, 1.807) is 0 Å². The van der Waals surface area contributed by atoms with Crippen LogP contribution in [-0.2, 0) is 29.0 Å². The third-order valence-corrected chi connectivity index (χ3v) is 7.61. The summed E-state index contributed by atoms with van der Waals surface area (Å²) in [4.78, 5) is 32.6. The summed E-state index contributed by atoms with van der Waals surface area (Å²) in [5.41, 5.74) is 2.05. The van der Waals surface area contributed by atoms with Gasteiger partial charge in [0.05, 0.1) is 18.7 Å². The average molecular weight is 421 g/mol. The van der Waals surface area contributed by atoms with Gasteiger partial charge in [-0.15, -0.1) is 0 Å². The molecule has 3 aliphatic heterocycles.